The van der Waals surface area contributed by atoms with Gasteiger partial charge in [0.25, 0.3) is 0 Å². The van der Waals surface area contributed by atoms with E-state index < -0.39 is 0 Å². The van der Waals surface area contributed by atoms with Crippen molar-refractivity contribution < 1.29 is 4.74 Å². The molecule has 0 N–H and O–H groups in total. The third kappa shape index (κ3) is 3.44. The number of hydrogen-bond donors (Lipinski definition) is 0. The molecule has 0 amide bonds. The molecule has 0 radical (unpaired) electrons. The number of thioether (sulfide) groups is 1. The van der Waals surface area contributed by atoms with Crippen molar-refractivity contribution in [2.45, 2.75) is 45.4 Å². The van der Waals surface area contributed by atoms with Crippen LogP contribution in [0.3, 0.4) is 0 Å². The molecule has 2 rings (SSSR count). The van der Waals surface area contributed by atoms with Crippen LogP contribution in [0.25, 0.3) is 0 Å². The van der Waals surface area contributed by atoms with Crippen LogP contribution >= 0.6 is 11.8 Å². The first-order valence-corrected chi connectivity index (χ1v) is 7.31. The average Bonchev–Trinajstić information content (AvgIpc) is 2.84. The summed E-state index contributed by atoms with van der Waals surface area (Å²) < 4.78 is 5.67. The first-order valence-electron chi connectivity index (χ1n) is 6.16. The van der Waals surface area contributed by atoms with E-state index in [0.29, 0.717) is 5.41 Å². The van der Waals surface area contributed by atoms with Gasteiger partial charge in [0.15, 0.2) is 0 Å². The fourth-order valence-electron chi connectivity index (χ4n) is 2.34. The number of ether oxygens (including phenoxy) is 1. The fourth-order valence-corrected chi connectivity index (χ4v) is 3.90. The molecule has 0 spiro atoms. The molecule has 0 aromatic rings. The van der Waals surface area contributed by atoms with Crippen LogP contribution in [0.15, 0.2) is 11.8 Å². The van der Waals surface area contributed by atoms with Gasteiger partial charge in [0.2, 0.25) is 0 Å². The van der Waals surface area contributed by atoms with E-state index in [9.17, 15) is 0 Å². The summed E-state index contributed by atoms with van der Waals surface area (Å²) in [5.74, 6) is 2.67. The van der Waals surface area contributed by atoms with Crippen LogP contribution in [0.5, 0.6) is 0 Å². The van der Waals surface area contributed by atoms with E-state index in [4.69, 9.17) is 4.74 Å². The zero-order valence-corrected chi connectivity index (χ0v) is 10.6. The molecule has 1 saturated heterocycles. The van der Waals surface area contributed by atoms with E-state index in [0.717, 1.165) is 6.61 Å². The molecule has 1 nitrogen and oxygen atoms in total. The highest BCUT2D eigenvalue weighted by molar-refractivity contribution is 7.99. The lowest BCUT2D eigenvalue weighted by Crippen LogP contribution is -2.17. The molecule has 2 fully saturated rings. The van der Waals surface area contributed by atoms with Gasteiger partial charge >= 0.3 is 0 Å². The van der Waals surface area contributed by atoms with Gasteiger partial charge in [-0.3, -0.25) is 0 Å². The van der Waals surface area contributed by atoms with Gasteiger partial charge in [-0.05, 0) is 61.0 Å². The van der Waals surface area contributed by atoms with Crippen molar-refractivity contribution in [1.29, 1.82) is 0 Å². The molecule has 0 aromatic heterocycles. The second-order valence-corrected chi connectivity index (χ2v) is 6.32. The molecule has 2 heteroatoms. The van der Waals surface area contributed by atoms with Crippen LogP contribution in [0, 0.1) is 5.41 Å². The lowest BCUT2D eigenvalue weighted by atomic mass is 9.87. The Morgan fingerprint density at radius 1 is 1.40 bits per heavy atom. The maximum Gasteiger partial charge on any atom is 0.0878 e. The van der Waals surface area contributed by atoms with Crippen LogP contribution in [0.4, 0.5) is 0 Å². The summed E-state index contributed by atoms with van der Waals surface area (Å²) in [6, 6.07) is 0. The number of hydrogen-bond acceptors (Lipinski definition) is 2. The topological polar surface area (TPSA) is 9.23 Å². The molecule has 1 heterocycles. The second kappa shape index (κ2) is 5.29. The molecule has 0 bridgehead atoms. The molecule has 15 heavy (non-hydrogen) atoms. The summed E-state index contributed by atoms with van der Waals surface area (Å²) in [4.78, 5) is 0. The Morgan fingerprint density at radius 2 is 2.20 bits per heavy atom. The van der Waals surface area contributed by atoms with Crippen LogP contribution in [-0.2, 0) is 4.74 Å². The van der Waals surface area contributed by atoms with E-state index in [2.05, 4.69) is 18.7 Å². The highest BCUT2D eigenvalue weighted by atomic mass is 32.2. The Balaban J connectivity index is 1.64. The summed E-state index contributed by atoms with van der Waals surface area (Å²) in [5.41, 5.74) is 2.08. The third-order valence-corrected chi connectivity index (χ3v) is 5.01. The van der Waals surface area contributed by atoms with Crippen molar-refractivity contribution in [3.05, 3.63) is 11.8 Å². The Hall–Kier alpha value is -0.110. The van der Waals surface area contributed by atoms with Crippen molar-refractivity contribution in [3.63, 3.8) is 0 Å². The molecule has 86 valence electrons. The third-order valence-electron chi connectivity index (χ3n) is 3.62. The van der Waals surface area contributed by atoms with Gasteiger partial charge in [-0.25, -0.2) is 0 Å². The summed E-state index contributed by atoms with van der Waals surface area (Å²) in [7, 11) is 0. The quantitative estimate of drug-likeness (QED) is 0.529. The summed E-state index contributed by atoms with van der Waals surface area (Å²) in [6.45, 7) is 3.32. The second-order valence-electron chi connectivity index (χ2n) is 5.22. The molecule has 1 atom stereocenters. The molecule has 0 aromatic carbocycles. The first kappa shape index (κ1) is 11.4. The van der Waals surface area contributed by atoms with Gasteiger partial charge in [-0.1, -0.05) is 6.92 Å². The smallest absolute Gasteiger partial charge is 0.0878 e. The van der Waals surface area contributed by atoms with Crippen molar-refractivity contribution in [3.8, 4) is 0 Å². The molecular weight excluding hydrogens is 204 g/mol. The van der Waals surface area contributed by atoms with Gasteiger partial charge in [0.05, 0.1) is 12.9 Å². The van der Waals surface area contributed by atoms with Gasteiger partial charge in [0, 0.05) is 0 Å². The Morgan fingerprint density at radius 3 is 2.87 bits per heavy atom. The van der Waals surface area contributed by atoms with Crippen molar-refractivity contribution in [2.24, 2.45) is 5.41 Å². The summed E-state index contributed by atoms with van der Waals surface area (Å²) in [6.07, 6.45) is 9.91. The number of rotatable bonds is 4. The summed E-state index contributed by atoms with van der Waals surface area (Å²) >= 11 is 2.09. The highest BCUT2D eigenvalue weighted by Crippen LogP contribution is 2.38. The van der Waals surface area contributed by atoms with Gasteiger partial charge in [-0.2, -0.15) is 11.8 Å². The highest BCUT2D eigenvalue weighted by Gasteiger charge is 2.28. The maximum atomic E-state index is 5.67. The molecule has 1 saturated carbocycles. The van der Waals surface area contributed by atoms with Crippen molar-refractivity contribution in [1.82, 2.24) is 0 Å². The minimum atomic E-state index is 0.554. The molecule has 1 unspecified atom stereocenters. The monoisotopic (exact) mass is 226 g/mol. The molecular formula is C13H22OS. The minimum absolute atomic E-state index is 0.554. The SMILES string of the molecule is CC1(CCOC=C2CCCC2)CCSC1. The largest absolute Gasteiger partial charge is 0.501 e. The Labute approximate surface area is 97.7 Å². The van der Waals surface area contributed by atoms with Crippen LogP contribution in [0.2, 0.25) is 0 Å². The fraction of sp³-hybridized carbons (Fsp3) is 0.846. The van der Waals surface area contributed by atoms with E-state index in [-0.39, 0.29) is 0 Å². The molecule has 2 aliphatic rings. The van der Waals surface area contributed by atoms with Gasteiger partial charge in [0.1, 0.15) is 0 Å². The lowest BCUT2D eigenvalue weighted by Gasteiger charge is -2.21. The van der Waals surface area contributed by atoms with E-state index in [1.165, 1.54) is 55.6 Å². The summed E-state index contributed by atoms with van der Waals surface area (Å²) in [5, 5.41) is 0. The predicted octanol–water partition coefficient (Wildman–Crippen LogP) is 3.99. The lowest BCUT2D eigenvalue weighted by molar-refractivity contribution is 0.188. The van der Waals surface area contributed by atoms with Gasteiger partial charge in [-0.15, -0.1) is 0 Å². The van der Waals surface area contributed by atoms with E-state index in [1.807, 2.05) is 6.26 Å². The number of allylic oxidation sites excluding steroid dienone is 1. The normalized spacial score (nSPS) is 30.9. The van der Waals surface area contributed by atoms with Gasteiger partial charge < -0.3 is 4.74 Å². The van der Waals surface area contributed by atoms with E-state index in [1.54, 1.807) is 0 Å². The standard InChI is InChI=1S/C13H22OS/c1-13(7-9-15-11-13)6-8-14-10-12-4-2-3-5-12/h10H,2-9,11H2,1H3. The minimum Gasteiger partial charge on any atom is -0.501 e. The van der Waals surface area contributed by atoms with Crippen molar-refractivity contribution in [2.75, 3.05) is 18.1 Å². The Kier molecular flexibility index (Phi) is 4.01. The zero-order valence-electron chi connectivity index (χ0n) is 9.76. The first-order chi connectivity index (χ1) is 7.29. The van der Waals surface area contributed by atoms with Crippen LogP contribution in [0.1, 0.15) is 45.4 Å². The zero-order chi connectivity index (χ0) is 10.6. The van der Waals surface area contributed by atoms with Crippen molar-refractivity contribution >= 4 is 11.8 Å². The molecule has 1 aliphatic carbocycles. The van der Waals surface area contributed by atoms with Crippen LogP contribution < -0.4 is 0 Å². The predicted molar refractivity (Wildman–Crippen MR) is 67.2 cm³/mol. The molecule has 1 aliphatic heterocycles. The maximum absolute atomic E-state index is 5.67. The average molecular weight is 226 g/mol. The van der Waals surface area contributed by atoms with E-state index >= 15 is 0 Å². The Bertz CT molecular complexity index is 221. The van der Waals surface area contributed by atoms with Crippen LogP contribution in [-0.4, -0.2) is 18.1 Å².